The molecule has 2 rings (SSSR count). The van der Waals surface area contributed by atoms with Crippen molar-refractivity contribution in [3.05, 3.63) is 53.9 Å². The fraction of sp³-hybridized carbons (Fsp3) is 0.294. The summed E-state index contributed by atoms with van der Waals surface area (Å²) in [6, 6.07) is 11.4. The molecule has 0 unspecified atom stereocenters. The number of carbonyl (C=O) groups is 1. The number of nitrogens with zero attached hydrogens (tertiary/aromatic N) is 2. The van der Waals surface area contributed by atoms with E-state index in [4.69, 9.17) is 4.74 Å². The monoisotopic (exact) mass is 299 g/mol. The van der Waals surface area contributed by atoms with E-state index in [9.17, 15) is 4.79 Å². The van der Waals surface area contributed by atoms with E-state index >= 15 is 0 Å². The van der Waals surface area contributed by atoms with Crippen molar-refractivity contribution in [3.63, 3.8) is 0 Å². The standard InChI is InChI=1S/C17H21N3O2/c1-13(2)22-16-8-6-14(7-9-16)12-18-19-17(21)11-15-5-4-10-20(15)3/h4-10,12-13H,11H2,1-3H3,(H,19,21)/b18-12-. The highest BCUT2D eigenvalue weighted by molar-refractivity contribution is 5.83. The minimum Gasteiger partial charge on any atom is -0.491 e. The maximum atomic E-state index is 11.8. The van der Waals surface area contributed by atoms with Crippen LogP contribution in [0.25, 0.3) is 0 Å². The van der Waals surface area contributed by atoms with Gasteiger partial charge >= 0.3 is 0 Å². The summed E-state index contributed by atoms with van der Waals surface area (Å²) in [7, 11) is 1.91. The van der Waals surface area contributed by atoms with Crippen molar-refractivity contribution in [1.82, 2.24) is 9.99 Å². The average molecular weight is 299 g/mol. The normalized spacial score (nSPS) is 11.1. The molecule has 0 aliphatic carbocycles. The Hall–Kier alpha value is -2.56. The number of aromatic nitrogens is 1. The molecule has 0 aliphatic rings. The molecule has 0 spiro atoms. The molecule has 0 atom stereocenters. The van der Waals surface area contributed by atoms with Crippen LogP contribution in [0.1, 0.15) is 25.1 Å². The van der Waals surface area contributed by atoms with Crippen molar-refractivity contribution >= 4 is 12.1 Å². The number of nitrogens with one attached hydrogen (secondary N) is 1. The molecule has 5 nitrogen and oxygen atoms in total. The van der Waals surface area contributed by atoms with Gasteiger partial charge in [-0.15, -0.1) is 0 Å². The Labute approximate surface area is 130 Å². The Morgan fingerprint density at radius 3 is 2.64 bits per heavy atom. The highest BCUT2D eigenvalue weighted by atomic mass is 16.5. The van der Waals surface area contributed by atoms with Crippen LogP contribution in [0.5, 0.6) is 5.75 Å². The van der Waals surface area contributed by atoms with Crippen LogP contribution >= 0.6 is 0 Å². The summed E-state index contributed by atoms with van der Waals surface area (Å²) in [5, 5.41) is 3.97. The third kappa shape index (κ3) is 4.77. The lowest BCUT2D eigenvalue weighted by Gasteiger charge is -2.09. The summed E-state index contributed by atoms with van der Waals surface area (Å²) in [5.41, 5.74) is 4.37. The number of aryl methyl sites for hydroxylation is 1. The van der Waals surface area contributed by atoms with Crippen molar-refractivity contribution < 1.29 is 9.53 Å². The number of ether oxygens (including phenoxy) is 1. The molecule has 22 heavy (non-hydrogen) atoms. The molecule has 0 saturated heterocycles. The lowest BCUT2D eigenvalue weighted by molar-refractivity contribution is -0.120. The quantitative estimate of drug-likeness (QED) is 0.658. The first kappa shape index (κ1) is 15.8. The number of amides is 1. The van der Waals surface area contributed by atoms with Crippen LogP contribution in [-0.2, 0) is 18.3 Å². The first-order valence-corrected chi connectivity index (χ1v) is 7.23. The SMILES string of the molecule is CC(C)Oc1ccc(/C=N\NC(=O)Cc2cccn2C)cc1. The molecule has 2 aromatic rings. The number of carbonyl (C=O) groups excluding carboxylic acids is 1. The molecule has 0 fully saturated rings. The Kier molecular flexibility index (Phi) is 5.36. The van der Waals surface area contributed by atoms with Gasteiger partial charge in [0.2, 0.25) is 5.91 Å². The van der Waals surface area contributed by atoms with Crippen molar-refractivity contribution in [1.29, 1.82) is 0 Å². The van der Waals surface area contributed by atoms with Crippen molar-refractivity contribution in [2.75, 3.05) is 0 Å². The van der Waals surface area contributed by atoms with Crippen molar-refractivity contribution in [2.24, 2.45) is 12.1 Å². The molecular formula is C17H21N3O2. The summed E-state index contributed by atoms with van der Waals surface area (Å²) < 4.78 is 7.48. The third-order valence-corrected chi connectivity index (χ3v) is 3.05. The van der Waals surface area contributed by atoms with Crippen LogP contribution in [-0.4, -0.2) is 22.8 Å². The van der Waals surface area contributed by atoms with Gasteiger partial charge in [-0.05, 0) is 55.8 Å². The molecule has 0 bridgehead atoms. The first-order valence-electron chi connectivity index (χ1n) is 7.23. The zero-order chi connectivity index (χ0) is 15.9. The molecule has 5 heteroatoms. The topological polar surface area (TPSA) is 55.6 Å². The van der Waals surface area contributed by atoms with Crippen LogP contribution in [0.3, 0.4) is 0 Å². The third-order valence-electron chi connectivity index (χ3n) is 3.05. The molecule has 0 aliphatic heterocycles. The Bertz CT molecular complexity index is 642. The zero-order valence-electron chi connectivity index (χ0n) is 13.1. The van der Waals surface area contributed by atoms with E-state index in [1.54, 1.807) is 6.21 Å². The van der Waals surface area contributed by atoms with E-state index in [1.807, 2.05) is 68.1 Å². The average Bonchev–Trinajstić information content (AvgIpc) is 2.85. The van der Waals surface area contributed by atoms with E-state index < -0.39 is 0 Å². The van der Waals surface area contributed by atoms with Gasteiger partial charge in [0.1, 0.15) is 5.75 Å². The second kappa shape index (κ2) is 7.45. The van der Waals surface area contributed by atoms with Crippen molar-refractivity contribution in [3.8, 4) is 5.75 Å². The van der Waals surface area contributed by atoms with E-state index in [2.05, 4.69) is 10.5 Å². The molecule has 0 saturated carbocycles. The van der Waals surface area contributed by atoms with Gasteiger partial charge in [0.05, 0.1) is 18.7 Å². The first-order chi connectivity index (χ1) is 10.5. The van der Waals surface area contributed by atoms with E-state index in [0.29, 0.717) is 6.42 Å². The van der Waals surface area contributed by atoms with Crippen LogP contribution in [0.2, 0.25) is 0 Å². The summed E-state index contributed by atoms with van der Waals surface area (Å²) in [6.07, 6.45) is 3.98. The second-order valence-electron chi connectivity index (χ2n) is 5.32. The zero-order valence-corrected chi connectivity index (χ0v) is 13.1. The fourth-order valence-electron chi connectivity index (χ4n) is 1.97. The van der Waals surface area contributed by atoms with Crippen molar-refractivity contribution in [2.45, 2.75) is 26.4 Å². The molecule has 1 amide bonds. The predicted octanol–water partition coefficient (Wildman–Crippen LogP) is 2.51. The molecular weight excluding hydrogens is 278 g/mol. The van der Waals surface area contributed by atoms with Gasteiger partial charge in [0, 0.05) is 18.9 Å². The highest BCUT2D eigenvalue weighted by Crippen LogP contribution is 2.12. The smallest absolute Gasteiger partial charge is 0.245 e. The van der Waals surface area contributed by atoms with Crippen LogP contribution in [0.4, 0.5) is 0 Å². The van der Waals surface area contributed by atoms with Gasteiger partial charge in [0.15, 0.2) is 0 Å². The molecule has 1 aromatic carbocycles. The van der Waals surface area contributed by atoms with Gasteiger partial charge in [-0.3, -0.25) is 4.79 Å². The number of hydrogen-bond acceptors (Lipinski definition) is 3. The van der Waals surface area contributed by atoms with Gasteiger partial charge in [-0.25, -0.2) is 5.43 Å². The summed E-state index contributed by atoms with van der Waals surface area (Å²) in [6.45, 7) is 3.97. The lowest BCUT2D eigenvalue weighted by atomic mass is 10.2. The number of hydrazone groups is 1. The van der Waals surface area contributed by atoms with Gasteiger partial charge in [0.25, 0.3) is 0 Å². The van der Waals surface area contributed by atoms with Crippen LogP contribution < -0.4 is 10.2 Å². The molecule has 116 valence electrons. The number of benzene rings is 1. The van der Waals surface area contributed by atoms with Crippen LogP contribution in [0, 0.1) is 0 Å². The van der Waals surface area contributed by atoms with E-state index in [0.717, 1.165) is 17.0 Å². The van der Waals surface area contributed by atoms with Gasteiger partial charge in [-0.1, -0.05) is 0 Å². The Morgan fingerprint density at radius 1 is 1.32 bits per heavy atom. The number of rotatable bonds is 6. The van der Waals surface area contributed by atoms with Gasteiger partial charge in [-0.2, -0.15) is 5.10 Å². The minimum atomic E-state index is -0.141. The summed E-state index contributed by atoms with van der Waals surface area (Å²) in [5.74, 6) is 0.678. The molecule has 0 radical (unpaired) electrons. The van der Waals surface area contributed by atoms with Gasteiger partial charge < -0.3 is 9.30 Å². The summed E-state index contributed by atoms with van der Waals surface area (Å²) >= 11 is 0. The maximum Gasteiger partial charge on any atom is 0.245 e. The van der Waals surface area contributed by atoms with E-state index in [1.165, 1.54) is 0 Å². The van der Waals surface area contributed by atoms with Crippen LogP contribution in [0.15, 0.2) is 47.7 Å². The molecule has 1 N–H and O–H groups in total. The maximum absolute atomic E-state index is 11.8. The fourth-order valence-corrected chi connectivity index (χ4v) is 1.97. The minimum absolute atomic E-state index is 0.141. The Balaban J connectivity index is 1.84. The molecule has 1 heterocycles. The lowest BCUT2D eigenvalue weighted by Crippen LogP contribution is -2.20. The predicted molar refractivity (Wildman–Crippen MR) is 87.1 cm³/mol. The highest BCUT2D eigenvalue weighted by Gasteiger charge is 2.04. The van der Waals surface area contributed by atoms with E-state index in [-0.39, 0.29) is 12.0 Å². The Morgan fingerprint density at radius 2 is 2.05 bits per heavy atom. The molecule has 1 aromatic heterocycles. The second-order valence-corrected chi connectivity index (χ2v) is 5.32. The summed E-state index contributed by atoms with van der Waals surface area (Å²) in [4.78, 5) is 11.8. The largest absolute Gasteiger partial charge is 0.491 e. The number of hydrogen-bond donors (Lipinski definition) is 1.